The number of imidazole rings is 2. The molecular formula is C37H34Br2ClF4N7OS2. The maximum atomic E-state index is 13.7. The Hall–Kier alpha value is -4.22. The van der Waals surface area contributed by atoms with Gasteiger partial charge in [-0.1, -0.05) is 28.1 Å². The van der Waals surface area contributed by atoms with E-state index in [4.69, 9.17) is 5.73 Å². The number of carbonyl (C=O) groups excluding carboxylic acids is 1. The van der Waals surface area contributed by atoms with E-state index in [0.29, 0.717) is 23.0 Å². The number of hydrogen-bond acceptors (Lipinski definition) is 6. The normalized spacial score (nSPS) is 10.4. The Bertz CT molecular complexity index is 2390. The van der Waals surface area contributed by atoms with E-state index in [-0.39, 0.29) is 57.1 Å². The molecule has 5 heterocycles. The number of thiocarbonyl (C=S) groups is 1. The number of halogens is 7. The quantitative estimate of drug-likeness (QED) is 0.0741. The summed E-state index contributed by atoms with van der Waals surface area (Å²) in [5.74, 6) is -2.24. The molecule has 8 nitrogen and oxygen atoms in total. The van der Waals surface area contributed by atoms with E-state index in [0.717, 1.165) is 51.2 Å². The lowest BCUT2D eigenvalue weighted by Crippen LogP contribution is -2.19. The minimum Gasteiger partial charge on any atom is -0.376 e. The average molecular weight is 928 g/mol. The average Bonchev–Trinajstić information content (AvgIpc) is 3.79. The van der Waals surface area contributed by atoms with Crippen LogP contribution < -0.4 is 11.1 Å². The summed E-state index contributed by atoms with van der Waals surface area (Å²) in [6, 6.07) is 16.5. The summed E-state index contributed by atoms with van der Waals surface area (Å²) in [7, 11) is 0. The van der Waals surface area contributed by atoms with Crippen molar-refractivity contribution >= 4 is 96.8 Å². The molecule has 7 rings (SSSR count). The van der Waals surface area contributed by atoms with Crippen molar-refractivity contribution in [3.05, 3.63) is 140 Å². The molecule has 284 valence electrons. The number of carbonyl (C=O) groups is 1. The topological polar surface area (TPSA) is 103 Å². The summed E-state index contributed by atoms with van der Waals surface area (Å²) in [5.41, 5.74) is 11.8. The molecule has 0 radical (unpaired) electrons. The summed E-state index contributed by atoms with van der Waals surface area (Å²) in [4.78, 5) is 25.1. The van der Waals surface area contributed by atoms with Crippen molar-refractivity contribution in [3.8, 4) is 11.4 Å². The van der Waals surface area contributed by atoms with Crippen molar-refractivity contribution in [3.63, 3.8) is 0 Å². The molecule has 0 fully saturated rings. The number of anilines is 1. The van der Waals surface area contributed by atoms with Crippen molar-refractivity contribution in [1.82, 2.24) is 23.8 Å². The monoisotopic (exact) mass is 925 g/mol. The molecule has 0 atom stereocenters. The molecule has 0 aliphatic carbocycles. The molecule has 3 N–H and O–H groups in total. The van der Waals surface area contributed by atoms with E-state index in [2.05, 4.69) is 48.4 Å². The second-order valence-electron chi connectivity index (χ2n) is 11.5. The van der Waals surface area contributed by atoms with Crippen LogP contribution in [0.5, 0.6) is 0 Å². The van der Waals surface area contributed by atoms with E-state index in [9.17, 15) is 22.4 Å². The molecule has 5 aromatic heterocycles. The van der Waals surface area contributed by atoms with Crippen LogP contribution in [-0.4, -0.2) is 40.0 Å². The number of Topliss-reactive ketones (excluding diaryl/α,β-unsaturated/α-hetero) is 1. The standard InChI is InChI=1S/C19H15F2N3S.C10H9BrN2O.C8H8F2N2S.BrH.ClH/c1-11-14(20)7-13(8-15(11)21)9-18-23-16(10-25-18)19-12(2)22-17-5-3-4-6-24(17)19;1-7-10(8(14)6-11)13-5-3-2-4-9(13)12-7;1-4-6(9)2-5(3-7(4)10)12-8(11)13;;/h3-8,10H,9H2,1-2H3;2-5H,6H2,1H3;2-3H,1H3,(H3,11,12,13);2*1H. The second kappa shape index (κ2) is 19.4. The van der Waals surface area contributed by atoms with Gasteiger partial charge in [-0.2, -0.15) is 0 Å². The first-order valence-electron chi connectivity index (χ1n) is 15.6. The van der Waals surface area contributed by atoms with Crippen molar-refractivity contribution in [2.45, 2.75) is 34.1 Å². The molecule has 17 heteroatoms. The van der Waals surface area contributed by atoms with Gasteiger partial charge >= 0.3 is 0 Å². The lowest BCUT2D eigenvalue weighted by molar-refractivity contribution is 0.101. The van der Waals surface area contributed by atoms with Gasteiger partial charge in [-0.05, 0) is 94.0 Å². The van der Waals surface area contributed by atoms with Crippen molar-refractivity contribution in [1.29, 1.82) is 0 Å². The van der Waals surface area contributed by atoms with Crippen LogP contribution in [0.2, 0.25) is 0 Å². The zero-order valence-electron chi connectivity index (χ0n) is 29.2. The molecule has 0 aliphatic heterocycles. The third-order valence-corrected chi connectivity index (χ3v) is 9.29. The highest BCUT2D eigenvalue weighted by Crippen LogP contribution is 2.28. The predicted octanol–water partition coefficient (Wildman–Crippen LogP) is 10.1. The molecule has 7 aromatic rings. The number of nitrogens with two attached hydrogens (primary N) is 1. The van der Waals surface area contributed by atoms with Crippen LogP contribution in [0.3, 0.4) is 0 Å². The lowest BCUT2D eigenvalue weighted by Gasteiger charge is -2.05. The predicted molar refractivity (Wildman–Crippen MR) is 222 cm³/mol. The number of rotatable bonds is 6. The summed E-state index contributed by atoms with van der Waals surface area (Å²) in [6.07, 6.45) is 4.20. The van der Waals surface area contributed by atoms with Crippen LogP contribution in [0.15, 0.2) is 78.4 Å². The molecule has 54 heavy (non-hydrogen) atoms. The van der Waals surface area contributed by atoms with Gasteiger partial charge in [0.25, 0.3) is 0 Å². The highest BCUT2D eigenvalue weighted by molar-refractivity contribution is 9.09. The number of aryl methyl sites for hydroxylation is 2. The Morgan fingerprint density at radius 1 is 0.833 bits per heavy atom. The molecule has 0 bridgehead atoms. The number of nitrogens with zero attached hydrogens (tertiary/aromatic N) is 5. The maximum Gasteiger partial charge on any atom is 0.191 e. The molecule has 2 aromatic carbocycles. The molecule has 0 spiro atoms. The summed E-state index contributed by atoms with van der Waals surface area (Å²) >= 11 is 9.16. The van der Waals surface area contributed by atoms with E-state index in [1.54, 1.807) is 0 Å². The maximum absolute atomic E-state index is 13.7. The number of pyridine rings is 2. The van der Waals surface area contributed by atoms with E-state index in [1.165, 1.54) is 37.3 Å². The van der Waals surface area contributed by atoms with Crippen LogP contribution in [-0.2, 0) is 6.42 Å². The van der Waals surface area contributed by atoms with Crippen LogP contribution >= 0.6 is 68.9 Å². The number of alkyl halides is 1. The van der Waals surface area contributed by atoms with Crippen molar-refractivity contribution < 1.29 is 22.4 Å². The van der Waals surface area contributed by atoms with E-state index < -0.39 is 23.3 Å². The Balaban J connectivity index is 0.000000232. The van der Waals surface area contributed by atoms with Crippen LogP contribution in [0.4, 0.5) is 23.2 Å². The fourth-order valence-electron chi connectivity index (χ4n) is 5.27. The van der Waals surface area contributed by atoms with Gasteiger partial charge in [-0.25, -0.2) is 32.5 Å². The molecular weight excluding hydrogens is 894 g/mol. The second-order valence-corrected chi connectivity index (χ2v) is 13.5. The Kier molecular flexibility index (Phi) is 15.9. The third kappa shape index (κ3) is 10.3. The van der Waals surface area contributed by atoms with Crippen molar-refractivity contribution in [2.75, 3.05) is 10.6 Å². The van der Waals surface area contributed by atoms with Crippen LogP contribution in [0, 0.1) is 51.0 Å². The largest absolute Gasteiger partial charge is 0.376 e. The summed E-state index contributed by atoms with van der Waals surface area (Å²) in [6.45, 7) is 6.59. The minimum atomic E-state index is -0.626. The highest BCUT2D eigenvalue weighted by atomic mass is 79.9. The smallest absolute Gasteiger partial charge is 0.191 e. The van der Waals surface area contributed by atoms with Crippen LogP contribution in [0.1, 0.15) is 43.6 Å². The number of hydrogen-bond donors (Lipinski definition) is 2. The van der Waals surface area contributed by atoms with E-state index in [1.807, 2.05) is 76.8 Å². The molecule has 0 saturated carbocycles. The molecule has 0 aliphatic rings. The van der Waals surface area contributed by atoms with Gasteiger partial charge in [0, 0.05) is 41.0 Å². The Morgan fingerprint density at radius 3 is 1.91 bits per heavy atom. The minimum absolute atomic E-state index is 0. The lowest BCUT2D eigenvalue weighted by atomic mass is 10.1. The van der Waals surface area contributed by atoms with Crippen molar-refractivity contribution in [2.24, 2.45) is 5.73 Å². The van der Waals surface area contributed by atoms with Gasteiger partial charge in [0.05, 0.1) is 27.4 Å². The van der Waals surface area contributed by atoms with Gasteiger partial charge in [0.1, 0.15) is 46.0 Å². The Morgan fingerprint density at radius 2 is 1.35 bits per heavy atom. The zero-order chi connectivity index (χ0) is 37.7. The van der Waals surface area contributed by atoms with Crippen LogP contribution in [0.25, 0.3) is 22.7 Å². The molecule has 0 amide bonds. The zero-order valence-corrected chi connectivity index (χ0v) is 34.9. The van der Waals surface area contributed by atoms with Gasteiger partial charge in [-0.3, -0.25) is 13.6 Å². The number of ketones is 1. The van der Waals surface area contributed by atoms with Gasteiger partial charge < -0.3 is 11.1 Å². The fraction of sp³-hybridized carbons (Fsp3) is 0.162. The number of aromatic nitrogens is 5. The highest BCUT2D eigenvalue weighted by Gasteiger charge is 2.16. The number of thiazole rings is 1. The summed E-state index contributed by atoms with van der Waals surface area (Å²) < 4.78 is 57.1. The number of fused-ring (bicyclic) bond motifs is 2. The number of nitrogens with one attached hydrogen (secondary N) is 1. The third-order valence-electron chi connectivity index (χ3n) is 7.83. The van der Waals surface area contributed by atoms with Gasteiger partial charge in [0.2, 0.25) is 0 Å². The first-order chi connectivity index (χ1) is 24.8. The molecule has 0 unspecified atom stereocenters. The first kappa shape index (κ1) is 44.2. The van der Waals surface area contributed by atoms with Gasteiger partial charge in [0.15, 0.2) is 10.9 Å². The summed E-state index contributed by atoms with van der Waals surface area (Å²) in [5, 5.41) is 5.51. The number of benzene rings is 2. The van der Waals surface area contributed by atoms with Gasteiger partial charge in [-0.15, -0.1) is 40.7 Å². The van der Waals surface area contributed by atoms with E-state index >= 15 is 0 Å². The SMILES string of the molecule is Br.Cc1c(F)cc(NC(N)=S)cc1F.Cc1nc2ccccn2c1-c1csc(Cc2cc(F)c(C)c(F)c2)n1.Cc1nc2ccccn2c1C(=O)CBr.Cl. The Labute approximate surface area is 343 Å². The first-order valence-corrected chi connectivity index (χ1v) is 18.1. The fourth-order valence-corrected chi connectivity index (χ4v) is 6.47. The molecule has 0 saturated heterocycles.